The molecule has 1 amide bonds. The maximum Gasteiger partial charge on any atom is 0.271 e. The smallest absolute Gasteiger partial charge is 0.271 e. The Balaban J connectivity index is 1.51. The molecule has 0 aliphatic heterocycles. The van der Waals surface area contributed by atoms with Gasteiger partial charge in [0, 0.05) is 19.3 Å². The summed E-state index contributed by atoms with van der Waals surface area (Å²) in [4.78, 5) is 11.9. The van der Waals surface area contributed by atoms with Crippen LogP contribution in [0.1, 0.15) is 16.1 Å². The molecule has 0 bridgehead atoms. The molecule has 0 saturated heterocycles. The molecule has 0 unspecified atom stereocenters. The number of hydrogen-bond donors (Lipinski definition) is 2. The van der Waals surface area contributed by atoms with E-state index < -0.39 is 0 Å². The molecule has 0 spiro atoms. The van der Waals surface area contributed by atoms with Crippen LogP contribution in [0.5, 0.6) is 5.75 Å². The number of hydrogen-bond acceptors (Lipinski definition) is 6. The van der Waals surface area contributed by atoms with Crippen molar-refractivity contribution >= 4 is 17.4 Å². The van der Waals surface area contributed by atoms with E-state index in [0.29, 0.717) is 25.6 Å². The van der Waals surface area contributed by atoms with Crippen LogP contribution in [-0.4, -0.2) is 36.4 Å². The zero-order valence-electron chi connectivity index (χ0n) is 15.6. The van der Waals surface area contributed by atoms with Crippen LogP contribution in [0.4, 0.5) is 11.5 Å². The molecule has 144 valence electrons. The topological polar surface area (TPSA) is 85.4 Å². The number of rotatable bonds is 9. The van der Waals surface area contributed by atoms with Gasteiger partial charge in [-0.3, -0.25) is 4.79 Å². The average molecular weight is 378 g/mol. The van der Waals surface area contributed by atoms with E-state index in [2.05, 4.69) is 20.8 Å². The van der Waals surface area contributed by atoms with Gasteiger partial charge in [0.15, 0.2) is 11.5 Å². The number of benzene rings is 2. The van der Waals surface area contributed by atoms with Crippen LogP contribution in [0.15, 0.2) is 66.7 Å². The number of anilines is 2. The van der Waals surface area contributed by atoms with Crippen LogP contribution in [0.2, 0.25) is 0 Å². The number of methoxy groups -OCH3 is 1. The van der Waals surface area contributed by atoms with Crippen molar-refractivity contribution in [3.63, 3.8) is 0 Å². The van der Waals surface area contributed by atoms with Gasteiger partial charge in [-0.25, -0.2) is 0 Å². The molecule has 0 atom stereocenters. The minimum absolute atomic E-state index is 0.256. The second kappa shape index (κ2) is 10.0. The van der Waals surface area contributed by atoms with Gasteiger partial charge in [0.1, 0.15) is 12.4 Å². The van der Waals surface area contributed by atoms with Crippen molar-refractivity contribution in [1.82, 2.24) is 15.5 Å². The van der Waals surface area contributed by atoms with Crippen LogP contribution < -0.4 is 15.4 Å². The molecule has 3 rings (SSSR count). The lowest BCUT2D eigenvalue weighted by molar-refractivity contribution is 0.0931. The Morgan fingerprint density at radius 1 is 0.964 bits per heavy atom. The van der Waals surface area contributed by atoms with Crippen LogP contribution in [0, 0.1) is 0 Å². The maximum absolute atomic E-state index is 11.9. The molecule has 1 heterocycles. The molecule has 3 aromatic rings. The van der Waals surface area contributed by atoms with E-state index in [1.165, 1.54) is 0 Å². The van der Waals surface area contributed by atoms with Gasteiger partial charge in [0.05, 0.1) is 6.61 Å². The number of nitrogens with zero attached hydrogens (tertiary/aromatic N) is 2. The first-order valence-corrected chi connectivity index (χ1v) is 8.89. The molecular weight excluding hydrogens is 356 g/mol. The number of carbonyl (C=O) groups is 1. The fourth-order valence-electron chi connectivity index (χ4n) is 2.40. The van der Waals surface area contributed by atoms with Crippen LogP contribution in [0.3, 0.4) is 0 Å². The molecule has 0 aliphatic rings. The van der Waals surface area contributed by atoms with Gasteiger partial charge >= 0.3 is 0 Å². The summed E-state index contributed by atoms with van der Waals surface area (Å²) in [6, 6.07) is 20.9. The fourth-order valence-corrected chi connectivity index (χ4v) is 2.40. The highest BCUT2D eigenvalue weighted by Gasteiger charge is 2.07. The third-order valence-corrected chi connectivity index (χ3v) is 3.86. The first-order valence-electron chi connectivity index (χ1n) is 8.89. The van der Waals surface area contributed by atoms with Crippen LogP contribution >= 0.6 is 0 Å². The van der Waals surface area contributed by atoms with Gasteiger partial charge in [-0.05, 0) is 42.0 Å². The Hall–Kier alpha value is -3.45. The van der Waals surface area contributed by atoms with E-state index in [4.69, 9.17) is 9.47 Å². The lowest BCUT2D eigenvalue weighted by atomic mass is 10.2. The Kier molecular flexibility index (Phi) is 6.92. The van der Waals surface area contributed by atoms with Crippen molar-refractivity contribution in [3.8, 4) is 5.75 Å². The second-order valence-electron chi connectivity index (χ2n) is 5.98. The summed E-state index contributed by atoms with van der Waals surface area (Å²) >= 11 is 0. The van der Waals surface area contributed by atoms with Crippen molar-refractivity contribution in [2.45, 2.75) is 6.61 Å². The SMILES string of the molecule is COCCNC(=O)c1ccc(Nc2ccc(OCc3ccccc3)cc2)nn1. The third-order valence-electron chi connectivity index (χ3n) is 3.86. The zero-order valence-corrected chi connectivity index (χ0v) is 15.6. The summed E-state index contributed by atoms with van der Waals surface area (Å²) < 4.78 is 10.7. The van der Waals surface area contributed by atoms with E-state index in [1.807, 2.05) is 54.6 Å². The number of ether oxygens (including phenoxy) is 2. The molecule has 0 saturated carbocycles. The lowest BCUT2D eigenvalue weighted by Crippen LogP contribution is -2.27. The summed E-state index contributed by atoms with van der Waals surface area (Å²) in [5.41, 5.74) is 2.22. The number of amides is 1. The third kappa shape index (κ3) is 5.78. The van der Waals surface area contributed by atoms with E-state index in [9.17, 15) is 4.79 Å². The summed E-state index contributed by atoms with van der Waals surface area (Å²) in [7, 11) is 1.58. The van der Waals surface area contributed by atoms with Gasteiger partial charge in [-0.2, -0.15) is 0 Å². The van der Waals surface area contributed by atoms with Crippen molar-refractivity contribution < 1.29 is 14.3 Å². The zero-order chi connectivity index (χ0) is 19.6. The maximum atomic E-state index is 11.9. The summed E-state index contributed by atoms with van der Waals surface area (Å²) in [6.45, 7) is 1.40. The van der Waals surface area contributed by atoms with Gasteiger partial charge < -0.3 is 20.1 Å². The standard InChI is InChI=1S/C21H22N4O3/c1-27-14-13-22-21(26)19-11-12-20(25-24-19)23-17-7-9-18(10-8-17)28-15-16-5-3-2-4-6-16/h2-12H,13-15H2,1H3,(H,22,26)(H,23,25). The predicted octanol–water partition coefficient (Wildman–Crippen LogP) is 3.18. The van der Waals surface area contributed by atoms with Crippen LogP contribution in [-0.2, 0) is 11.3 Å². The van der Waals surface area contributed by atoms with Crippen molar-refractivity contribution in [3.05, 3.63) is 78.0 Å². The molecule has 0 radical (unpaired) electrons. The molecule has 28 heavy (non-hydrogen) atoms. The minimum atomic E-state index is -0.281. The number of carbonyl (C=O) groups excluding carboxylic acids is 1. The number of aromatic nitrogens is 2. The molecular formula is C21H22N4O3. The molecule has 7 nitrogen and oxygen atoms in total. The summed E-state index contributed by atoms with van der Waals surface area (Å²) in [5, 5.41) is 13.8. The molecule has 7 heteroatoms. The summed E-state index contributed by atoms with van der Waals surface area (Å²) in [5.74, 6) is 1.05. The summed E-state index contributed by atoms with van der Waals surface area (Å²) in [6.07, 6.45) is 0. The van der Waals surface area contributed by atoms with Crippen LogP contribution in [0.25, 0.3) is 0 Å². The first-order chi connectivity index (χ1) is 13.7. The molecule has 1 aromatic heterocycles. The number of nitrogens with one attached hydrogen (secondary N) is 2. The predicted molar refractivity (Wildman–Crippen MR) is 107 cm³/mol. The quantitative estimate of drug-likeness (QED) is 0.556. The van der Waals surface area contributed by atoms with Gasteiger partial charge in [-0.1, -0.05) is 30.3 Å². The van der Waals surface area contributed by atoms with E-state index >= 15 is 0 Å². The van der Waals surface area contributed by atoms with Gasteiger partial charge in [0.25, 0.3) is 5.91 Å². The largest absolute Gasteiger partial charge is 0.489 e. The second-order valence-corrected chi connectivity index (χ2v) is 5.98. The van der Waals surface area contributed by atoms with E-state index in [-0.39, 0.29) is 11.6 Å². The van der Waals surface area contributed by atoms with Gasteiger partial charge in [-0.15, -0.1) is 10.2 Å². The molecule has 0 aliphatic carbocycles. The Morgan fingerprint density at radius 2 is 1.75 bits per heavy atom. The average Bonchev–Trinajstić information content (AvgIpc) is 2.75. The Morgan fingerprint density at radius 3 is 2.43 bits per heavy atom. The lowest BCUT2D eigenvalue weighted by Gasteiger charge is -2.09. The highest BCUT2D eigenvalue weighted by molar-refractivity contribution is 5.92. The van der Waals surface area contributed by atoms with Crippen molar-refractivity contribution in [1.29, 1.82) is 0 Å². The Bertz CT molecular complexity index is 868. The fraction of sp³-hybridized carbons (Fsp3) is 0.190. The van der Waals surface area contributed by atoms with E-state index in [1.54, 1.807) is 19.2 Å². The molecule has 2 N–H and O–H groups in total. The van der Waals surface area contributed by atoms with Crippen molar-refractivity contribution in [2.24, 2.45) is 0 Å². The monoisotopic (exact) mass is 378 g/mol. The minimum Gasteiger partial charge on any atom is -0.489 e. The van der Waals surface area contributed by atoms with Gasteiger partial charge in [0.2, 0.25) is 0 Å². The van der Waals surface area contributed by atoms with E-state index in [0.717, 1.165) is 17.0 Å². The molecule has 2 aromatic carbocycles. The highest BCUT2D eigenvalue weighted by atomic mass is 16.5. The van der Waals surface area contributed by atoms with Crippen molar-refractivity contribution in [2.75, 3.05) is 25.6 Å². The molecule has 0 fully saturated rings. The first kappa shape index (κ1) is 19.3. The Labute approximate surface area is 163 Å². The normalized spacial score (nSPS) is 10.3. The highest BCUT2D eigenvalue weighted by Crippen LogP contribution is 2.19.